The summed E-state index contributed by atoms with van der Waals surface area (Å²) in [5.74, 6) is 0.924. The quantitative estimate of drug-likeness (QED) is 0.736. The van der Waals surface area contributed by atoms with Gasteiger partial charge in [-0.3, -0.25) is 0 Å². The maximum absolute atomic E-state index is 9.26. The summed E-state index contributed by atoms with van der Waals surface area (Å²) in [6.07, 6.45) is 1.39. The van der Waals surface area contributed by atoms with E-state index in [2.05, 4.69) is 0 Å². The van der Waals surface area contributed by atoms with Crippen LogP contribution in [0.1, 0.15) is 19.6 Å². The highest BCUT2D eigenvalue weighted by atomic mass is 32.2. The van der Waals surface area contributed by atoms with Crippen LogP contribution in [0.3, 0.4) is 0 Å². The summed E-state index contributed by atoms with van der Waals surface area (Å²) in [7, 11) is 0. The Morgan fingerprint density at radius 2 is 2.17 bits per heavy atom. The fourth-order valence-electron chi connectivity index (χ4n) is 0.794. The fraction of sp³-hybridized carbons (Fsp3) is 0.556. The van der Waals surface area contributed by atoms with Crippen molar-refractivity contribution in [2.75, 3.05) is 0 Å². The first-order valence-electron chi connectivity index (χ1n) is 4.00. The normalized spacial score (nSPS) is 16.0. The van der Waals surface area contributed by atoms with Crippen LogP contribution < -0.4 is 0 Å². The molecule has 1 rings (SSSR count). The van der Waals surface area contributed by atoms with E-state index >= 15 is 0 Å². The summed E-state index contributed by atoms with van der Waals surface area (Å²) < 4.78 is 5.14. The first kappa shape index (κ1) is 9.68. The van der Waals surface area contributed by atoms with E-state index in [0.717, 1.165) is 10.7 Å². The molecule has 2 unspecified atom stereocenters. The van der Waals surface area contributed by atoms with Crippen LogP contribution in [0.5, 0.6) is 0 Å². The topological polar surface area (TPSA) is 33.4 Å². The first-order chi connectivity index (χ1) is 5.61. The lowest BCUT2D eigenvalue weighted by Gasteiger charge is -2.12. The Morgan fingerprint density at radius 1 is 1.50 bits per heavy atom. The number of aliphatic hydroxyl groups is 1. The highest BCUT2D eigenvalue weighted by molar-refractivity contribution is 8.00. The van der Waals surface area contributed by atoms with E-state index in [-0.39, 0.29) is 11.4 Å². The molecule has 0 saturated carbocycles. The standard InChI is InChI=1S/C9H14O2S/c1-6(10)8(3)12-9-4-5-11-7(9)2/h4-6,8,10H,1-3H3. The summed E-state index contributed by atoms with van der Waals surface area (Å²) >= 11 is 1.64. The van der Waals surface area contributed by atoms with Gasteiger partial charge in [-0.05, 0) is 19.9 Å². The van der Waals surface area contributed by atoms with Crippen molar-refractivity contribution in [3.8, 4) is 0 Å². The largest absolute Gasteiger partial charge is 0.468 e. The van der Waals surface area contributed by atoms with Crippen LogP contribution in [0.15, 0.2) is 21.6 Å². The maximum Gasteiger partial charge on any atom is 0.114 e. The van der Waals surface area contributed by atoms with Gasteiger partial charge in [-0.25, -0.2) is 0 Å². The average Bonchev–Trinajstić information content (AvgIpc) is 2.36. The summed E-state index contributed by atoms with van der Waals surface area (Å²) in [6.45, 7) is 5.73. The molecule has 0 radical (unpaired) electrons. The Balaban J connectivity index is 2.58. The van der Waals surface area contributed by atoms with Gasteiger partial charge >= 0.3 is 0 Å². The second-order valence-electron chi connectivity index (χ2n) is 2.90. The monoisotopic (exact) mass is 186 g/mol. The zero-order valence-corrected chi connectivity index (χ0v) is 8.39. The van der Waals surface area contributed by atoms with Crippen molar-refractivity contribution in [1.82, 2.24) is 0 Å². The highest BCUT2D eigenvalue weighted by Crippen LogP contribution is 2.28. The molecule has 1 heterocycles. The Morgan fingerprint density at radius 3 is 2.58 bits per heavy atom. The second kappa shape index (κ2) is 4.01. The number of thioether (sulfide) groups is 1. The zero-order valence-electron chi connectivity index (χ0n) is 7.57. The van der Waals surface area contributed by atoms with Gasteiger partial charge < -0.3 is 9.52 Å². The third-order valence-corrected chi connectivity index (χ3v) is 3.25. The fourth-order valence-corrected chi connectivity index (χ4v) is 1.74. The maximum atomic E-state index is 9.26. The molecule has 68 valence electrons. The van der Waals surface area contributed by atoms with Crippen molar-refractivity contribution in [2.45, 2.75) is 37.0 Å². The van der Waals surface area contributed by atoms with E-state index in [1.807, 2.05) is 19.9 Å². The Kier molecular flexibility index (Phi) is 3.23. The van der Waals surface area contributed by atoms with Gasteiger partial charge in [0.1, 0.15) is 5.76 Å². The van der Waals surface area contributed by atoms with Crippen molar-refractivity contribution in [1.29, 1.82) is 0 Å². The summed E-state index contributed by atoms with van der Waals surface area (Å²) in [5, 5.41) is 9.47. The zero-order chi connectivity index (χ0) is 9.14. The molecule has 0 spiro atoms. The van der Waals surface area contributed by atoms with E-state index in [1.54, 1.807) is 24.9 Å². The van der Waals surface area contributed by atoms with Gasteiger partial charge in [0, 0.05) is 10.1 Å². The van der Waals surface area contributed by atoms with Crippen LogP contribution in [-0.4, -0.2) is 16.5 Å². The smallest absolute Gasteiger partial charge is 0.114 e. The molecule has 0 saturated heterocycles. The first-order valence-corrected chi connectivity index (χ1v) is 4.88. The lowest BCUT2D eigenvalue weighted by atomic mass is 10.3. The van der Waals surface area contributed by atoms with E-state index in [4.69, 9.17) is 4.42 Å². The van der Waals surface area contributed by atoms with Crippen LogP contribution in [0.25, 0.3) is 0 Å². The molecule has 0 amide bonds. The van der Waals surface area contributed by atoms with Crippen molar-refractivity contribution in [3.05, 3.63) is 18.1 Å². The molecule has 1 aromatic rings. The number of aliphatic hydroxyl groups excluding tert-OH is 1. The van der Waals surface area contributed by atoms with Crippen molar-refractivity contribution in [3.63, 3.8) is 0 Å². The van der Waals surface area contributed by atoms with E-state index in [0.29, 0.717) is 0 Å². The number of hydrogen-bond donors (Lipinski definition) is 1. The molecule has 0 aliphatic carbocycles. The molecule has 3 heteroatoms. The van der Waals surface area contributed by atoms with Crippen molar-refractivity contribution in [2.24, 2.45) is 0 Å². The van der Waals surface area contributed by atoms with E-state index in [9.17, 15) is 5.11 Å². The molecule has 0 aromatic carbocycles. The van der Waals surface area contributed by atoms with Gasteiger partial charge in [-0.15, -0.1) is 11.8 Å². The van der Waals surface area contributed by atoms with Crippen LogP contribution >= 0.6 is 11.8 Å². The molecular formula is C9H14O2S. The number of furan rings is 1. The van der Waals surface area contributed by atoms with Crippen molar-refractivity contribution >= 4 is 11.8 Å². The molecule has 1 aromatic heterocycles. The van der Waals surface area contributed by atoms with E-state index in [1.165, 1.54) is 0 Å². The summed E-state index contributed by atoms with van der Waals surface area (Å²) in [5.41, 5.74) is 0. The van der Waals surface area contributed by atoms with E-state index < -0.39 is 0 Å². The highest BCUT2D eigenvalue weighted by Gasteiger charge is 2.12. The molecule has 0 bridgehead atoms. The molecule has 0 aliphatic rings. The predicted octanol–water partition coefficient (Wildman–Crippen LogP) is 2.45. The third kappa shape index (κ3) is 2.29. The Bertz CT molecular complexity index is 242. The van der Waals surface area contributed by atoms with Crippen LogP contribution in [0.2, 0.25) is 0 Å². The van der Waals surface area contributed by atoms with Gasteiger partial charge in [0.25, 0.3) is 0 Å². The molecule has 2 nitrogen and oxygen atoms in total. The van der Waals surface area contributed by atoms with Crippen molar-refractivity contribution < 1.29 is 9.52 Å². The number of hydrogen-bond acceptors (Lipinski definition) is 3. The molecular weight excluding hydrogens is 172 g/mol. The lowest BCUT2D eigenvalue weighted by Crippen LogP contribution is -2.14. The predicted molar refractivity (Wildman–Crippen MR) is 50.4 cm³/mol. The van der Waals surface area contributed by atoms with Crippen LogP contribution in [0, 0.1) is 6.92 Å². The second-order valence-corrected chi connectivity index (χ2v) is 4.32. The summed E-state index contributed by atoms with van der Waals surface area (Å²) in [4.78, 5) is 1.11. The number of rotatable bonds is 3. The third-order valence-electron chi connectivity index (χ3n) is 1.80. The van der Waals surface area contributed by atoms with Gasteiger partial charge in [-0.1, -0.05) is 6.92 Å². The van der Waals surface area contributed by atoms with Gasteiger partial charge in [0.05, 0.1) is 12.4 Å². The average molecular weight is 186 g/mol. The summed E-state index contributed by atoms with van der Waals surface area (Å²) in [6, 6.07) is 1.93. The van der Waals surface area contributed by atoms with Crippen LogP contribution in [0.4, 0.5) is 0 Å². The molecule has 0 fully saturated rings. The molecule has 1 N–H and O–H groups in total. The minimum Gasteiger partial charge on any atom is -0.468 e. The van der Waals surface area contributed by atoms with Gasteiger partial charge in [0.2, 0.25) is 0 Å². The number of aryl methyl sites for hydroxylation is 1. The Labute approximate surface area is 77.0 Å². The van der Waals surface area contributed by atoms with Crippen LogP contribution in [-0.2, 0) is 0 Å². The molecule has 0 aliphatic heterocycles. The van der Waals surface area contributed by atoms with Gasteiger partial charge in [-0.2, -0.15) is 0 Å². The minimum absolute atomic E-state index is 0.210. The van der Waals surface area contributed by atoms with Gasteiger partial charge in [0.15, 0.2) is 0 Å². The lowest BCUT2D eigenvalue weighted by molar-refractivity contribution is 0.196. The molecule has 12 heavy (non-hydrogen) atoms. The Hall–Kier alpha value is -0.410. The molecule has 2 atom stereocenters. The minimum atomic E-state index is -0.288. The SMILES string of the molecule is Cc1occc1SC(C)C(C)O.